The van der Waals surface area contributed by atoms with Crippen molar-refractivity contribution in [3.05, 3.63) is 115 Å². The molecule has 38 heavy (non-hydrogen) atoms. The van der Waals surface area contributed by atoms with Crippen molar-refractivity contribution in [1.29, 1.82) is 0 Å². The lowest BCUT2D eigenvalue weighted by Gasteiger charge is -2.58. The number of hydrogen-bond donors (Lipinski definition) is 1. The maximum atomic E-state index is 12.1. The smallest absolute Gasteiger partial charge is 0.131 e. The molecular weight excluding hydrogens is 488 g/mol. The molecule has 5 aromatic rings. The summed E-state index contributed by atoms with van der Waals surface area (Å²) < 4.78 is 0.906. The molecule has 4 unspecified atom stereocenters. The van der Waals surface area contributed by atoms with Crippen LogP contribution in [0, 0.1) is 11.8 Å². The van der Waals surface area contributed by atoms with Crippen molar-refractivity contribution in [2.75, 3.05) is 13.1 Å². The highest BCUT2D eigenvalue weighted by Gasteiger charge is 2.54. The molecule has 0 radical (unpaired) electrons. The summed E-state index contributed by atoms with van der Waals surface area (Å²) in [5, 5.41) is 18.4. The van der Waals surface area contributed by atoms with Crippen LogP contribution in [0.1, 0.15) is 30.1 Å². The fraction of sp³-hybridized carbons (Fsp3) is 0.265. The van der Waals surface area contributed by atoms with Gasteiger partial charge in [0.1, 0.15) is 18.7 Å². The van der Waals surface area contributed by atoms with Crippen molar-refractivity contribution in [3.8, 4) is 0 Å². The summed E-state index contributed by atoms with van der Waals surface area (Å²) in [5.41, 5.74) is 3.37. The first kappa shape index (κ1) is 25.1. The van der Waals surface area contributed by atoms with Gasteiger partial charge in [-0.3, -0.25) is 4.98 Å². The van der Waals surface area contributed by atoms with Crippen molar-refractivity contribution in [2.24, 2.45) is 11.8 Å². The van der Waals surface area contributed by atoms with Gasteiger partial charge in [-0.1, -0.05) is 72.8 Å². The van der Waals surface area contributed by atoms with E-state index in [1.807, 2.05) is 30.5 Å². The minimum Gasteiger partial charge on any atom is -1.00 e. The normalized spacial score (nSPS) is 25.3. The number of aliphatic hydroxyl groups excluding tert-OH is 1. The molecule has 4 heteroatoms. The van der Waals surface area contributed by atoms with Crippen LogP contribution in [0.15, 0.2) is 104 Å². The number of fused-ring (bicyclic) bond motifs is 6. The standard InChI is InChI=1S/C34H33N2O.ClH/c1-2-23-21-36(22-31-27-11-5-3-9-25(27)19-26-10-4-6-12-28(26)31)18-16-24(23)20-33(36)34(37)30-15-17-35-32-14-8-7-13-29(30)32;/h2-15,17,19,23-24,33-34,37H,1,16,18,20-22H2;1H/q+1;/p-1/t23?,24?,33?,34?,36-;/m0./s1. The lowest BCUT2D eigenvalue weighted by Crippen LogP contribution is -3.00. The Morgan fingerprint density at radius 3 is 2.29 bits per heavy atom. The van der Waals surface area contributed by atoms with Crippen molar-refractivity contribution in [1.82, 2.24) is 4.98 Å². The Bertz CT molecular complexity index is 1590. The number of pyridine rings is 1. The molecule has 3 aliphatic heterocycles. The zero-order valence-corrected chi connectivity index (χ0v) is 22.3. The Labute approximate surface area is 230 Å². The van der Waals surface area contributed by atoms with Crippen LogP contribution in [-0.2, 0) is 6.54 Å². The van der Waals surface area contributed by atoms with E-state index in [1.54, 1.807) is 0 Å². The predicted molar refractivity (Wildman–Crippen MR) is 152 cm³/mol. The topological polar surface area (TPSA) is 33.1 Å². The van der Waals surface area contributed by atoms with Crippen LogP contribution in [0.4, 0.5) is 0 Å². The van der Waals surface area contributed by atoms with Crippen LogP contribution in [0.25, 0.3) is 32.4 Å². The summed E-state index contributed by atoms with van der Waals surface area (Å²) >= 11 is 0. The molecule has 0 spiro atoms. The largest absolute Gasteiger partial charge is 1.00 e. The van der Waals surface area contributed by atoms with Gasteiger partial charge in [-0.2, -0.15) is 0 Å². The number of quaternary nitrogens is 1. The number of piperidine rings is 3. The third kappa shape index (κ3) is 3.92. The number of nitrogens with zero attached hydrogens (tertiary/aromatic N) is 2. The minimum atomic E-state index is -0.539. The average molecular weight is 521 g/mol. The molecule has 2 bridgehead atoms. The first-order chi connectivity index (χ1) is 18.2. The Morgan fingerprint density at radius 1 is 0.921 bits per heavy atom. The number of aliphatic hydroxyl groups is 1. The van der Waals surface area contributed by atoms with Gasteiger partial charge in [0.2, 0.25) is 0 Å². The fourth-order valence-electron chi connectivity index (χ4n) is 7.56. The monoisotopic (exact) mass is 520 g/mol. The van der Waals surface area contributed by atoms with E-state index >= 15 is 0 Å². The molecule has 3 fully saturated rings. The summed E-state index contributed by atoms with van der Waals surface area (Å²) in [4.78, 5) is 4.57. The number of benzene rings is 4. The highest BCUT2D eigenvalue weighted by molar-refractivity contribution is 6.02. The van der Waals surface area contributed by atoms with Crippen molar-refractivity contribution in [2.45, 2.75) is 31.5 Å². The van der Waals surface area contributed by atoms with E-state index in [9.17, 15) is 5.11 Å². The van der Waals surface area contributed by atoms with Crippen LogP contribution in [0.5, 0.6) is 0 Å². The zero-order chi connectivity index (χ0) is 25.0. The molecule has 1 N–H and O–H groups in total. The molecule has 0 amide bonds. The van der Waals surface area contributed by atoms with E-state index in [0.717, 1.165) is 47.0 Å². The van der Waals surface area contributed by atoms with Crippen LogP contribution < -0.4 is 12.4 Å². The molecule has 3 nitrogen and oxygen atoms in total. The summed E-state index contributed by atoms with van der Waals surface area (Å²) in [6.07, 6.45) is 5.72. The molecule has 1 aromatic heterocycles. The van der Waals surface area contributed by atoms with Gasteiger partial charge in [0.15, 0.2) is 0 Å². The highest BCUT2D eigenvalue weighted by atomic mass is 35.5. The van der Waals surface area contributed by atoms with Crippen LogP contribution >= 0.6 is 0 Å². The van der Waals surface area contributed by atoms with E-state index < -0.39 is 6.10 Å². The van der Waals surface area contributed by atoms with Crippen LogP contribution in [-0.4, -0.2) is 33.7 Å². The van der Waals surface area contributed by atoms with Gasteiger partial charge in [-0.25, -0.2) is 0 Å². The van der Waals surface area contributed by atoms with Gasteiger partial charge in [0.25, 0.3) is 0 Å². The second-order valence-corrected chi connectivity index (χ2v) is 11.2. The number of halogens is 1. The van der Waals surface area contributed by atoms with E-state index in [-0.39, 0.29) is 18.4 Å². The Balaban J connectivity index is 0.00000264. The molecule has 0 saturated carbocycles. The van der Waals surface area contributed by atoms with Crippen molar-refractivity contribution < 1.29 is 22.0 Å². The second-order valence-electron chi connectivity index (χ2n) is 11.2. The van der Waals surface area contributed by atoms with Crippen LogP contribution in [0.3, 0.4) is 0 Å². The molecule has 5 atom stereocenters. The number of para-hydroxylation sites is 1. The average Bonchev–Trinajstić information content (AvgIpc) is 2.96. The molecule has 3 aliphatic rings. The zero-order valence-electron chi connectivity index (χ0n) is 21.5. The fourth-order valence-corrected chi connectivity index (χ4v) is 7.56. The van der Waals surface area contributed by atoms with Gasteiger partial charge >= 0.3 is 0 Å². The molecule has 4 heterocycles. The predicted octanol–water partition coefficient (Wildman–Crippen LogP) is 4.19. The van der Waals surface area contributed by atoms with Gasteiger partial charge < -0.3 is 22.0 Å². The third-order valence-corrected chi connectivity index (χ3v) is 9.40. The summed E-state index contributed by atoms with van der Waals surface area (Å²) in [5.74, 6) is 1.09. The van der Waals surface area contributed by atoms with E-state index in [0.29, 0.717) is 11.8 Å². The molecule has 0 aliphatic carbocycles. The van der Waals surface area contributed by atoms with Crippen molar-refractivity contribution >= 4 is 32.4 Å². The van der Waals surface area contributed by atoms with E-state index in [2.05, 4.69) is 78.3 Å². The van der Waals surface area contributed by atoms with Crippen molar-refractivity contribution in [3.63, 3.8) is 0 Å². The lowest BCUT2D eigenvalue weighted by molar-refractivity contribution is -0.984. The number of aromatic nitrogens is 1. The maximum absolute atomic E-state index is 12.1. The Kier molecular flexibility index (Phi) is 6.47. The summed E-state index contributed by atoms with van der Waals surface area (Å²) in [6.45, 7) is 7.28. The van der Waals surface area contributed by atoms with E-state index in [1.165, 1.54) is 33.5 Å². The number of hydrogen-bond acceptors (Lipinski definition) is 2. The lowest BCUT2D eigenvalue weighted by atomic mass is 9.71. The van der Waals surface area contributed by atoms with Gasteiger partial charge in [-0.05, 0) is 51.2 Å². The first-order valence-electron chi connectivity index (χ1n) is 13.6. The SMILES string of the molecule is C=CC1C[N@+]2(Cc3c4ccccc4cc4ccccc34)CCC1CC2C(O)c1ccnc2ccccc12.[Cl-]. The summed E-state index contributed by atoms with van der Waals surface area (Å²) in [7, 11) is 0. The van der Waals surface area contributed by atoms with Gasteiger partial charge in [0.05, 0.1) is 18.6 Å². The minimum absolute atomic E-state index is 0. The molecule has 3 saturated heterocycles. The molecular formula is C34H33ClN2O. The van der Waals surface area contributed by atoms with E-state index in [4.69, 9.17) is 0 Å². The quantitative estimate of drug-likeness (QED) is 0.214. The molecule has 192 valence electrons. The Morgan fingerprint density at radius 2 is 1.58 bits per heavy atom. The van der Waals surface area contributed by atoms with Gasteiger partial charge in [-0.15, -0.1) is 6.58 Å². The Hall–Kier alpha value is -3.24. The van der Waals surface area contributed by atoms with Crippen LogP contribution in [0.2, 0.25) is 0 Å². The molecule has 4 aromatic carbocycles. The van der Waals surface area contributed by atoms with Gasteiger partial charge in [0, 0.05) is 35.9 Å². The summed E-state index contributed by atoms with van der Waals surface area (Å²) in [6, 6.07) is 30.3. The first-order valence-corrected chi connectivity index (χ1v) is 13.6. The molecule has 8 rings (SSSR count). The second kappa shape index (κ2) is 9.81. The maximum Gasteiger partial charge on any atom is 0.131 e. The number of rotatable bonds is 5. The third-order valence-electron chi connectivity index (χ3n) is 9.40. The highest BCUT2D eigenvalue weighted by Crippen LogP contribution is 2.49.